The maximum absolute atomic E-state index is 17.3. The Kier molecular flexibility index (Phi) is 5.29. The van der Waals surface area contributed by atoms with Crippen molar-refractivity contribution >= 4 is 11.7 Å². The molecule has 0 bridgehead atoms. The number of fused-ring (bicyclic) bond motifs is 7. The summed E-state index contributed by atoms with van der Waals surface area (Å²) in [5, 5.41) is 14.7. The van der Waals surface area contributed by atoms with Crippen molar-refractivity contribution in [3.63, 3.8) is 0 Å². The fourth-order valence-corrected chi connectivity index (χ4v) is 9.54. The summed E-state index contributed by atoms with van der Waals surface area (Å²) in [4.78, 5) is 25.9. The third-order valence-corrected chi connectivity index (χ3v) is 11.4. The van der Waals surface area contributed by atoms with Gasteiger partial charge in [0, 0.05) is 17.9 Å². The third kappa shape index (κ3) is 3.08. The highest BCUT2D eigenvalue weighted by atomic mass is 19.1. The molecule has 37 heavy (non-hydrogen) atoms. The molecular formula is C31H37F2NO3. The molecule has 198 valence electrons. The minimum Gasteiger partial charge on any atom is -0.390 e. The summed E-state index contributed by atoms with van der Waals surface area (Å²) in [6.07, 6.45) is 7.85. The minimum atomic E-state index is -1.87. The van der Waals surface area contributed by atoms with Crippen LogP contribution in [0.3, 0.4) is 0 Å². The van der Waals surface area contributed by atoms with E-state index in [1.54, 1.807) is 18.2 Å². The lowest BCUT2D eigenvalue weighted by molar-refractivity contribution is -0.202. The lowest BCUT2D eigenvalue weighted by Gasteiger charge is -2.62. The van der Waals surface area contributed by atoms with Gasteiger partial charge in [-0.2, -0.15) is 0 Å². The molecule has 0 saturated heterocycles. The van der Waals surface area contributed by atoms with E-state index in [2.05, 4.69) is 19.2 Å². The van der Waals surface area contributed by atoms with Crippen LogP contribution in [0.2, 0.25) is 0 Å². The summed E-state index contributed by atoms with van der Waals surface area (Å²) in [5.41, 5.74) is -2.51. The second-order valence-electron chi connectivity index (χ2n) is 13.1. The normalized spacial score (nSPS) is 45.3. The molecule has 1 amide bonds. The molecule has 0 heterocycles. The first kappa shape index (κ1) is 25.0. The Morgan fingerprint density at radius 3 is 2.73 bits per heavy atom. The highest BCUT2D eigenvalue weighted by Crippen LogP contribution is 2.86. The van der Waals surface area contributed by atoms with Gasteiger partial charge >= 0.3 is 0 Å². The Labute approximate surface area is 217 Å². The van der Waals surface area contributed by atoms with E-state index in [9.17, 15) is 19.1 Å². The number of amides is 1. The van der Waals surface area contributed by atoms with Crippen LogP contribution in [0.5, 0.6) is 0 Å². The molecule has 4 nitrogen and oxygen atoms in total. The molecular weight excluding hydrogens is 472 g/mol. The van der Waals surface area contributed by atoms with E-state index in [-0.39, 0.29) is 41.2 Å². The third-order valence-electron chi connectivity index (χ3n) is 11.4. The molecule has 0 aromatic heterocycles. The van der Waals surface area contributed by atoms with Gasteiger partial charge in [-0.1, -0.05) is 37.6 Å². The summed E-state index contributed by atoms with van der Waals surface area (Å²) in [6.45, 7) is 6.60. The summed E-state index contributed by atoms with van der Waals surface area (Å²) in [5.74, 6) is -0.741. The van der Waals surface area contributed by atoms with Gasteiger partial charge in [0.2, 0.25) is 5.91 Å². The number of nitrogens with one attached hydrogen (secondary N) is 1. The molecule has 0 aliphatic heterocycles. The van der Waals surface area contributed by atoms with E-state index < -0.39 is 28.0 Å². The van der Waals surface area contributed by atoms with Gasteiger partial charge in [-0.15, -0.1) is 0 Å². The van der Waals surface area contributed by atoms with Crippen LogP contribution < -0.4 is 5.32 Å². The molecule has 6 heteroatoms. The van der Waals surface area contributed by atoms with Crippen LogP contribution in [-0.4, -0.2) is 35.1 Å². The number of carbonyl (C=O) groups is 2. The van der Waals surface area contributed by atoms with Crippen LogP contribution in [0.15, 0.2) is 48.1 Å². The Balaban J connectivity index is 1.23. The second kappa shape index (κ2) is 7.84. The van der Waals surface area contributed by atoms with Gasteiger partial charge in [0.15, 0.2) is 11.5 Å². The topological polar surface area (TPSA) is 66.4 Å². The van der Waals surface area contributed by atoms with E-state index >= 15 is 4.39 Å². The molecule has 5 aliphatic rings. The molecule has 4 fully saturated rings. The number of ketones is 1. The van der Waals surface area contributed by atoms with Crippen molar-refractivity contribution in [2.45, 2.75) is 77.5 Å². The highest BCUT2D eigenvalue weighted by molar-refractivity contribution is 6.01. The summed E-state index contributed by atoms with van der Waals surface area (Å²) >= 11 is 0. The highest BCUT2D eigenvalue weighted by Gasteiger charge is 2.86. The van der Waals surface area contributed by atoms with Crippen molar-refractivity contribution in [3.05, 3.63) is 59.4 Å². The van der Waals surface area contributed by atoms with Gasteiger partial charge in [-0.25, -0.2) is 8.78 Å². The molecule has 4 saturated carbocycles. The van der Waals surface area contributed by atoms with Gasteiger partial charge in [-0.3, -0.25) is 9.59 Å². The maximum atomic E-state index is 17.3. The molecule has 0 unspecified atom stereocenters. The van der Waals surface area contributed by atoms with Crippen LogP contribution in [0.25, 0.3) is 0 Å². The largest absolute Gasteiger partial charge is 0.390 e. The number of hydrogen-bond donors (Lipinski definition) is 2. The lowest BCUT2D eigenvalue weighted by atomic mass is 9.44. The fraction of sp³-hybridized carbons (Fsp3) is 0.613. The number of carbonyl (C=O) groups excluding carboxylic acids is 2. The van der Waals surface area contributed by atoms with Crippen molar-refractivity contribution in [1.82, 2.24) is 5.32 Å². The smallest absolute Gasteiger partial charge is 0.227 e. The number of hydrogen-bond acceptors (Lipinski definition) is 3. The molecule has 1 aromatic carbocycles. The molecule has 6 rings (SSSR count). The standard InChI is InChI=1S/C31H37F2NO3/c1-27-16-24-23-10-9-20-15-22(35)11-12-28(20,2)31(23,33)25(36)17-29(24,3)30(27,18-27)26(37)34-13-5-7-19-6-4-8-21(32)14-19/h4,6,8,11-12,14-15,23-25,36H,5,7,9-10,13,16-18H2,1-3H3,(H,34,37)/t23-,24-,25-,27+,28-,29-,30-,31-/m0/s1. The Morgan fingerprint density at radius 2 is 1.97 bits per heavy atom. The zero-order valence-corrected chi connectivity index (χ0v) is 21.9. The second-order valence-corrected chi connectivity index (χ2v) is 13.1. The average Bonchev–Trinajstić information content (AvgIpc) is 3.43. The van der Waals surface area contributed by atoms with E-state index in [1.807, 2.05) is 13.0 Å². The number of rotatable bonds is 5. The number of allylic oxidation sites excluding steroid dienone is 4. The van der Waals surface area contributed by atoms with Crippen molar-refractivity contribution in [1.29, 1.82) is 0 Å². The number of aliphatic hydroxyl groups excluding tert-OH is 1. The van der Waals surface area contributed by atoms with E-state index in [0.29, 0.717) is 32.2 Å². The first-order valence-electron chi connectivity index (χ1n) is 13.8. The number of alkyl halides is 1. The van der Waals surface area contributed by atoms with Crippen LogP contribution in [0.1, 0.15) is 64.9 Å². The quantitative estimate of drug-likeness (QED) is 0.533. The molecule has 0 spiro atoms. The Bertz CT molecular complexity index is 1240. The number of halogens is 2. The van der Waals surface area contributed by atoms with Crippen LogP contribution in [0, 0.1) is 39.3 Å². The van der Waals surface area contributed by atoms with Crippen molar-refractivity contribution in [3.8, 4) is 0 Å². The number of aliphatic hydroxyl groups is 1. The monoisotopic (exact) mass is 509 g/mol. The summed E-state index contributed by atoms with van der Waals surface area (Å²) in [7, 11) is 0. The van der Waals surface area contributed by atoms with Gasteiger partial charge in [0.1, 0.15) is 5.82 Å². The SMILES string of the molecule is C[C@]12C[C@H]3[C@@H]4CCC5=CC(=O)C=C[C@]5(C)[C@@]4(F)[C@@H](O)C[C@]3(C)[C@]1(C(=O)NCCCc1cccc(F)c1)C2. The molecule has 8 atom stereocenters. The number of benzene rings is 1. The first-order valence-corrected chi connectivity index (χ1v) is 13.8. The predicted octanol–water partition coefficient (Wildman–Crippen LogP) is 5.25. The molecule has 5 aliphatic carbocycles. The van der Waals surface area contributed by atoms with E-state index in [4.69, 9.17) is 0 Å². The van der Waals surface area contributed by atoms with Gasteiger partial charge in [-0.05, 0) is 98.5 Å². The van der Waals surface area contributed by atoms with Gasteiger partial charge in [0.25, 0.3) is 0 Å². The minimum absolute atomic E-state index is 0.0119. The first-order chi connectivity index (χ1) is 17.4. The average molecular weight is 510 g/mol. The maximum Gasteiger partial charge on any atom is 0.227 e. The summed E-state index contributed by atoms with van der Waals surface area (Å²) < 4.78 is 30.8. The van der Waals surface area contributed by atoms with E-state index in [1.165, 1.54) is 18.2 Å². The zero-order valence-electron chi connectivity index (χ0n) is 21.9. The Morgan fingerprint density at radius 1 is 1.19 bits per heavy atom. The van der Waals surface area contributed by atoms with Crippen LogP contribution >= 0.6 is 0 Å². The number of aryl methyl sites for hydroxylation is 1. The van der Waals surface area contributed by atoms with Crippen molar-refractivity contribution in [2.24, 2.45) is 33.5 Å². The van der Waals surface area contributed by atoms with Crippen LogP contribution in [-0.2, 0) is 16.0 Å². The molecule has 0 radical (unpaired) electrons. The summed E-state index contributed by atoms with van der Waals surface area (Å²) in [6, 6.07) is 6.53. The Hall–Kier alpha value is -2.34. The van der Waals surface area contributed by atoms with Crippen molar-refractivity contribution in [2.75, 3.05) is 6.54 Å². The van der Waals surface area contributed by atoms with Crippen LogP contribution in [0.4, 0.5) is 8.78 Å². The zero-order chi connectivity index (χ0) is 26.4. The predicted molar refractivity (Wildman–Crippen MR) is 137 cm³/mol. The van der Waals surface area contributed by atoms with E-state index in [0.717, 1.165) is 24.0 Å². The van der Waals surface area contributed by atoms with Crippen molar-refractivity contribution < 1.29 is 23.5 Å². The molecule has 2 N–H and O–H groups in total. The fourth-order valence-electron chi connectivity index (χ4n) is 9.54. The van der Waals surface area contributed by atoms with Gasteiger partial charge < -0.3 is 10.4 Å². The van der Waals surface area contributed by atoms with Gasteiger partial charge in [0.05, 0.1) is 11.5 Å². The molecule has 1 aromatic rings. The lowest BCUT2D eigenvalue weighted by Crippen LogP contribution is -2.67.